The Kier molecular flexibility index (Phi) is 6.70. The number of nitriles is 4. The van der Waals surface area contributed by atoms with Crippen LogP contribution in [0, 0.1) is 45.3 Å². The van der Waals surface area contributed by atoms with Crippen LogP contribution in [-0.4, -0.2) is 11.6 Å². The predicted molar refractivity (Wildman–Crippen MR) is 204 cm³/mol. The average Bonchev–Trinajstić information content (AvgIpc) is 3.98. The molecule has 238 valence electrons. The van der Waals surface area contributed by atoms with E-state index in [4.69, 9.17) is 0 Å². The van der Waals surface area contributed by atoms with E-state index in [2.05, 4.69) is 26.0 Å². The molecule has 0 saturated carbocycles. The fourth-order valence-corrected chi connectivity index (χ4v) is 12.2. The van der Waals surface area contributed by atoms with Crippen LogP contribution in [0.25, 0.3) is 53.2 Å². The number of nitrogens with zero attached hydrogens (tertiary/aromatic N) is 4. The zero-order valence-corrected chi connectivity index (χ0v) is 29.9. The van der Waals surface area contributed by atoms with Crippen LogP contribution < -0.4 is 0 Å². The zero-order valence-electron chi connectivity index (χ0n) is 26.7. The molecule has 0 fully saturated rings. The van der Waals surface area contributed by atoms with Crippen molar-refractivity contribution in [1.82, 2.24) is 0 Å². The fraction of sp³-hybridized carbons (Fsp3) is 0.0732. The van der Waals surface area contributed by atoms with Gasteiger partial charge in [0.05, 0.1) is 19.2 Å². The maximum absolute atomic E-state index is 13.8. The number of Topliss-reactive ketones (excluding diaryl/α,β-unsaturated/α-hetero) is 2. The highest BCUT2D eigenvalue weighted by Crippen LogP contribution is 2.53. The van der Waals surface area contributed by atoms with Gasteiger partial charge in [-0.05, 0) is 68.4 Å². The lowest BCUT2D eigenvalue weighted by Crippen LogP contribution is -2.15. The van der Waals surface area contributed by atoms with Crippen LogP contribution in [0.1, 0.15) is 66.6 Å². The van der Waals surface area contributed by atoms with Crippen LogP contribution in [-0.2, 0) is 5.41 Å². The van der Waals surface area contributed by atoms with Crippen LogP contribution >= 0.6 is 45.3 Å². The average molecular weight is 727 g/mol. The summed E-state index contributed by atoms with van der Waals surface area (Å²) in [7, 11) is 0. The topological polar surface area (TPSA) is 129 Å². The number of carbonyl (C=O) groups is 2. The first kappa shape index (κ1) is 31.0. The lowest BCUT2D eigenvalue weighted by molar-refractivity contribution is 0.103. The summed E-state index contributed by atoms with van der Waals surface area (Å²) in [6.07, 6.45) is 3.58. The molecule has 0 unspecified atom stereocenters. The summed E-state index contributed by atoms with van der Waals surface area (Å²) in [6.45, 7) is 4.26. The number of carbonyl (C=O) groups excluding carboxylic acids is 2. The van der Waals surface area contributed by atoms with Crippen LogP contribution in [0.15, 0.2) is 81.6 Å². The number of rotatable bonds is 2. The van der Waals surface area contributed by atoms with Gasteiger partial charge in [-0.2, -0.15) is 21.0 Å². The predicted octanol–water partition coefficient (Wildman–Crippen LogP) is 10.7. The monoisotopic (exact) mass is 726 g/mol. The summed E-state index contributed by atoms with van der Waals surface area (Å²) in [5.74, 6) is -0.366. The molecule has 4 aromatic heterocycles. The van der Waals surface area contributed by atoms with Gasteiger partial charge in [-0.15, -0.1) is 45.3 Å². The largest absolute Gasteiger partial charge is 0.288 e. The summed E-state index contributed by atoms with van der Waals surface area (Å²) in [5.41, 5.74) is 8.01. The van der Waals surface area contributed by atoms with Gasteiger partial charge in [0.15, 0.2) is 0 Å². The highest BCUT2D eigenvalue weighted by Gasteiger charge is 2.40. The molecule has 0 spiro atoms. The Bertz CT molecular complexity index is 2740. The van der Waals surface area contributed by atoms with Crippen molar-refractivity contribution < 1.29 is 9.59 Å². The van der Waals surface area contributed by atoms with Crippen molar-refractivity contribution in [2.75, 3.05) is 0 Å². The molecule has 0 amide bonds. The number of benzene rings is 2. The molecule has 9 rings (SSSR count). The highest BCUT2D eigenvalue weighted by molar-refractivity contribution is 7.29. The smallest absolute Gasteiger partial charge is 0.204 e. The Labute approximate surface area is 307 Å². The van der Waals surface area contributed by atoms with Crippen molar-refractivity contribution in [2.45, 2.75) is 19.3 Å². The first-order chi connectivity index (χ1) is 24.7. The van der Waals surface area contributed by atoms with Crippen molar-refractivity contribution in [1.29, 1.82) is 21.0 Å². The number of fused-ring (bicyclic) bond motifs is 9. The molecule has 0 radical (unpaired) electrons. The molecule has 6 aromatic rings. The lowest BCUT2D eigenvalue weighted by Gasteiger charge is -2.22. The van der Waals surface area contributed by atoms with Gasteiger partial charge in [-0.1, -0.05) is 50.2 Å². The molecule has 51 heavy (non-hydrogen) atoms. The molecule has 0 bridgehead atoms. The molecular formula is C41H18N4O2S4. The second-order valence-corrected chi connectivity index (χ2v) is 16.7. The molecule has 3 aliphatic carbocycles. The summed E-state index contributed by atoms with van der Waals surface area (Å²) in [6, 6.07) is 24.1. The van der Waals surface area contributed by atoms with Crippen molar-refractivity contribution in [2.24, 2.45) is 0 Å². The number of hydrogen-bond donors (Lipinski definition) is 0. The molecule has 2 aromatic carbocycles. The van der Waals surface area contributed by atoms with E-state index < -0.39 is 5.41 Å². The van der Waals surface area contributed by atoms with E-state index in [1.165, 1.54) is 45.3 Å². The quantitative estimate of drug-likeness (QED) is 0.129. The second kappa shape index (κ2) is 11.0. The molecule has 4 heterocycles. The van der Waals surface area contributed by atoms with E-state index in [1.54, 1.807) is 12.2 Å². The van der Waals surface area contributed by atoms with Crippen LogP contribution in [0.5, 0.6) is 0 Å². The number of thiophene rings is 4. The summed E-state index contributed by atoms with van der Waals surface area (Å²) < 4.78 is 3.76. The normalized spacial score (nSPS) is 16.6. The molecule has 0 aliphatic heterocycles. The van der Waals surface area contributed by atoms with Gasteiger partial charge in [-0.25, -0.2) is 0 Å². The highest BCUT2D eigenvalue weighted by atomic mass is 32.1. The standard InChI is InChI=1S/C41H18N4O2S4/c1-41(2)27-13-19(11-25-31(21(15-42)16-43)33-37-29(7-9-48-37)50-39(33)35(25)46)3-5-23(27)24-6-4-20(14-28(24)41)12-26-32(22(17-44)18-45)34-38-30(8-10-49-38)51-40(34)36(26)47/h3-14H,1-2H3/b25-11-,26-12-. The van der Waals surface area contributed by atoms with Gasteiger partial charge in [0.2, 0.25) is 11.6 Å². The van der Waals surface area contributed by atoms with Gasteiger partial charge in [0, 0.05) is 48.2 Å². The lowest BCUT2D eigenvalue weighted by atomic mass is 9.81. The Morgan fingerprint density at radius 1 is 0.627 bits per heavy atom. The Hall–Kier alpha value is -5.98. The molecule has 10 heteroatoms. The van der Waals surface area contributed by atoms with Crippen molar-refractivity contribution in [3.63, 3.8) is 0 Å². The van der Waals surface area contributed by atoms with Crippen LogP contribution in [0.2, 0.25) is 0 Å². The summed E-state index contributed by atoms with van der Waals surface area (Å²) >= 11 is 5.78. The Morgan fingerprint density at radius 3 is 1.43 bits per heavy atom. The third kappa shape index (κ3) is 4.20. The van der Waals surface area contributed by atoms with Gasteiger partial charge in [0.25, 0.3) is 0 Å². The Morgan fingerprint density at radius 2 is 1.04 bits per heavy atom. The van der Waals surface area contributed by atoms with Crippen LogP contribution in [0.3, 0.4) is 0 Å². The molecule has 0 atom stereocenters. The van der Waals surface area contributed by atoms with Crippen molar-refractivity contribution in [3.05, 3.63) is 125 Å². The van der Waals surface area contributed by atoms with Crippen molar-refractivity contribution >= 4 is 99.0 Å². The fourth-order valence-electron chi connectivity index (χ4n) is 7.52. The zero-order chi connectivity index (χ0) is 35.3. The maximum atomic E-state index is 13.8. The van der Waals surface area contributed by atoms with Gasteiger partial charge < -0.3 is 0 Å². The number of allylic oxidation sites excluding steroid dienone is 6. The molecule has 6 nitrogen and oxygen atoms in total. The maximum Gasteiger partial charge on any atom is 0.204 e. The van der Waals surface area contributed by atoms with Crippen molar-refractivity contribution in [3.8, 4) is 35.4 Å². The van der Waals surface area contributed by atoms with E-state index in [9.17, 15) is 30.6 Å². The van der Waals surface area contributed by atoms with Gasteiger partial charge in [0.1, 0.15) is 35.4 Å². The summed E-state index contributed by atoms with van der Waals surface area (Å²) in [4.78, 5) is 28.7. The number of ketones is 2. The molecule has 0 N–H and O–H groups in total. The van der Waals surface area contributed by atoms with E-state index >= 15 is 0 Å². The minimum Gasteiger partial charge on any atom is -0.288 e. The van der Waals surface area contributed by atoms with Crippen LogP contribution in [0.4, 0.5) is 0 Å². The van der Waals surface area contributed by atoms with E-state index in [0.29, 0.717) is 43.2 Å². The van der Waals surface area contributed by atoms with E-state index in [-0.39, 0.29) is 22.7 Å². The molecular weight excluding hydrogens is 709 g/mol. The SMILES string of the molecule is CC1(C)c2cc(/C=C3\C(=O)c4sc5ccsc5c4C3=C(C#N)C#N)ccc2-c2ccc(/C=C3\C(=O)c4sc5ccsc5c4C3=C(C#N)C#N)cc21. The first-order valence-corrected chi connectivity index (χ1v) is 19.0. The first-order valence-electron chi connectivity index (χ1n) is 15.6. The van der Waals surface area contributed by atoms with E-state index in [1.807, 2.05) is 71.4 Å². The van der Waals surface area contributed by atoms with E-state index in [0.717, 1.165) is 52.2 Å². The van der Waals surface area contributed by atoms with Gasteiger partial charge >= 0.3 is 0 Å². The second-order valence-electron chi connectivity index (χ2n) is 12.8. The third-order valence-electron chi connectivity index (χ3n) is 9.82. The van der Waals surface area contributed by atoms with Gasteiger partial charge in [-0.3, -0.25) is 9.59 Å². The minimum absolute atomic E-state index is 0.0812. The molecule has 0 saturated heterocycles. The molecule has 3 aliphatic rings. The third-order valence-corrected chi connectivity index (χ3v) is 14.3. The Balaban J connectivity index is 1.13. The number of hydrogen-bond acceptors (Lipinski definition) is 10. The summed E-state index contributed by atoms with van der Waals surface area (Å²) in [5, 5.41) is 43.4. The minimum atomic E-state index is -0.456.